The first-order valence-corrected chi connectivity index (χ1v) is 9.47. The third kappa shape index (κ3) is 4.61. The van der Waals surface area contributed by atoms with Gasteiger partial charge in [-0.3, -0.25) is 0 Å². The van der Waals surface area contributed by atoms with Crippen molar-refractivity contribution in [2.75, 3.05) is 25.4 Å². The summed E-state index contributed by atoms with van der Waals surface area (Å²) in [6.45, 7) is 2.26. The van der Waals surface area contributed by atoms with Gasteiger partial charge >= 0.3 is 5.63 Å². The zero-order chi connectivity index (χ0) is 17.9. The van der Waals surface area contributed by atoms with Crippen molar-refractivity contribution in [3.05, 3.63) is 58.6 Å². The summed E-state index contributed by atoms with van der Waals surface area (Å²) in [5.74, 6) is 1.39. The average Bonchev–Trinajstić information content (AvgIpc) is 2.50. The Bertz CT molecular complexity index is 872. The number of hydrogen-bond acceptors (Lipinski definition) is 6. The van der Waals surface area contributed by atoms with Gasteiger partial charge < -0.3 is 13.9 Å². The molecule has 0 saturated carbocycles. The summed E-state index contributed by atoms with van der Waals surface area (Å²) in [5.41, 5.74) is -0.489. The van der Waals surface area contributed by atoms with Crippen molar-refractivity contribution in [2.45, 2.75) is 13.0 Å². The third-order valence-corrected chi connectivity index (χ3v) is 5.50. The van der Waals surface area contributed by atoms with E-state index in [9.17, 15) is 13.2 Å². The zero-order valence-electron chi connectivity index (χ0n) is 13.8. The molecular formula is C17H19NO6S. The Morgan fingerprint density at radius 1 is 1.16 bits per heavy atom. The van der Waals surface area contributed by atoms with E-state index in [0.29, 0.717) is 17.3 Å². The molecule has 1 aliphatic heterocycles. The van der Waals surface area contributed by atoms with Crippen LogP contribution in [0.15, 0.2) is 51.7 Å². The molecule has 7 nitrogen and oxygen atoms in total. The molecule has 1 saturated heterocycles. The highest BCUT2D eigenvalue weighted by molar-refractivity contribution is 7.89. The summed E-state index contributed by atoms with van der Waals surface area (Å²) < 4.78 is 41.7. The van der Waals surface area contributed by atoms with Gasteiger partial charge in [-0.15, -0.1) is 0 Å². The second kappa shape index (κ2) is 7.28. The number of para-hydroxylation sites is 1. The first-order chi connectivity index (χ1) is 11.9. The molecule has 0 amide bonds. The molecule has 0 spiro atoms. The molecule has 1 aromatic carbocycles. The first-order valence-electron chi connectivity index (χ1n) is 7.86. The Hall–Kier alpha value is -2.32. The molecule has 134 valence electrons. The average molecular weight is 365 g/mol. The highest BCUT2D eigenvalue weighted by Crippen LogP contribution is 2.20. The smallest absolute Gasteiger partial charge is 0.339 e. The number of benzene rings is 1. The van der Waals surface area contributed by atoms with Crippen LogP contribution in [0, 0.1) is 6.92 Å². The lowest BCUT2D eigenvalue weighted by Crippen LogP contribution is -2.56. The van der Waals surface area contributed by atoms with Gasteiger partial charge in [-0.05, 0) is 19.1 Å². The summed E-state index contributed by atoms with van der Waals surface area (Å²) >= 11 is 0. The lowest BCUT2D eigenvalue weighted by atomic mass is 10.2. The van der Waals surface area contributed by atoms with Crippen LogP contribution in [0.1, 0.15) is 5.76 Å². The van der Waals surface area contributed by atoms with Gasteiger partial charge in [0.1, 0.15) is 30.0 Å². The highest BCUT2D eigenvalue weighted by Gasteiger charge is 2.37. The van der Waals surface area contributed by atoms with Crippen molar-refractivity contribution in [3.8, 4) is 11.5 Å². The summed E-state index contributed by atoms with van der Waals surface area (Å²) in [7, 11) is -3.39. The standard InChI is InChI=1S/C17H19NO6S/c1-13-9-15(10-17(19)23-13)24-16-11-18(12-16)25(20,21)8-7-22-14-5-3-2-4-6-14/h2-6,9-10,16H,7-8,11-12H2,1H3. The van der Waals surface area contributed by atoms with Gasteiger partial charge in [0.25, 0.3) is 0 Å². The van der Waals surface area contributed by atoms with E-state index in [1.165, 1.54) is 10.4 Å². The zero-order valence-corrected chi connectivity index (χ0v) is 14.6. The molecule has 2 heterocycles. The molecule has 0 unspecified atom stereocenters. The molecule has 0 N–H and O–H groups in total. The normalized spacial score (nSPS) is 15.6. The fourth-order valence-electron chi connectivity index (χ4n) is 2.45. The quantitative estimate of drug-likeness (QED) is 0.738. The lowest BCUT2D eigenvalue weighted by Gasteiger charge is -2.37. The van der Waals surface area contributed by atoms with Gasteiger partial charge in [-0.2, -0.15) is 4.31 Å². The predicted octanol–water partition coefficient (Wildman–Crippen LogP) is 1.42. The SMILES string of the molecule is Cc1cc(OC2CN(S(=O)(=O)CCOc3ccccc3)C2)cc(=O)o1. The van der Waals surface area contributed by atoms with E-state index in [2.05, 4.69) is 0 Å². The van der Waals surface area contributed by atoms with E-state index in [1.54, 1.807) is 25.1 Å². The van der Waals surface area contributed by atoms with Gasteiger partial charge in [-0.1, -0.05) is 18.2 Å². The Balaban J connectivity index is 1.46. The first kappa shape index (κ1) is 17.5. The minimum Gasteiger partial charge on any atom is -0.492 e. The second-order valence-electron chi connectivity index (χ2n) is 5.76. The summed E-state index contributed by atoms with van der Waals surface area (Å²) in [6.07, 6.45) is -0.272. The van der Waals surface area contributed by atoms with Crippen LogP contribution < -0.4 is 15.1 Å². The molecule has 0 atom stereocenters. The molecule has 25 heavy (non-hydrogen) atoms. The number of hydrogen-bond donors (Lipinski definition) is 0. The van der Waals surface area contributed by atoms with Crippen molar-refractivity contribution < 1.29 is 22.3 Å². The van der Waals surface area contributed by atoms with Gasteiger partial charge in [0.2, 0.25) is 10.0 Å². The van der Waals surface area contributed by atoms with Gasteiger partial charge in [0.15, 0.2) is 0 Å². The largest absolute Gasteiger partial charge is 0.492 e. The van der Waals surface area contributed by atoms with Crippen molar-refractivity contribution >= 4 is 10.0 Å². The summed E-state index contributed by atoms with van der Waals surface area (Å²) in [5, 5.41) is 0. The van der Waals surface area contributed by atoms with Crippen LogP contribution in [0.4, 0.5) is 0 Å². The van der Waals surface area contributed by atoms with Crippen molar-refractivity contribution in [2.24, 2.45) is 0 Å². The van der Waals surface area contributed by atoms with E-state index in [4.69, 9.17) is 13.9 Å². The molecule has 1 fully saturated rings. The van der Waals surface area contributed by atoms with Gasteiger partial charge in [-0.25, -0.2) is 13.2 Å². The Kier molecular flexibility index (Phi) is 5.10. The predicted molar refractivity (Wildman–Crippen MR) is 91.4 cm³/mol. The fraction of sp³-hybridized carbons (Fsp3) is 0.353. The monoisotopic (exact) mass is 365 g/mol. The fourth-order valence-corrected chi connectivity index (χ4v) is 3.79. The molecule has 3 rings (SSSR count). The van der Waals surface area contributed by atoms with Crippen LogP contribution >= 0.6 is 0 Å². The van der Waals surface area contributed by atoms with Crippen LogP contribution in [0.5, 0.6) is 11.5 Å². The lowest BCUT2D eigenvalue weighted by molar-refractivity contribution is 0.0751. The van der Waals surface area contributed by atoms with Crippen LogP contribution in [-0.4, -0.2) is 44.3 Å². The molecule has 0 bridgehead atoms. The van der Waals surface area contributed by atoms with E-state index >= 15 is 0 Å². The molecule has 8 heteroatoms. The molecule has 1 aromatic heterocycles. The molecule has 2 aromatic rings. The Morgan fingerprint density at radius 3 is 2.56 bits per heavy atom. The number of sulfonamides is 1. The number of rotatable bonds is 7. The topological polar surface area (TPSA) is 86.0 Å². The maximum absolute atomic E-state index is 12.2. The van der Waals surface area contributed by atoms with Crippen molar-refractivity contribution in [1.82, 2.24) is 4.31 Å². The van der Waals surface area contributed by atoms with Crippen LogP contribution in [0.25, 0.3) is 0 Å². The van der Waals surface area contributed by atoms with Gasteiger partial charge in [0.05, 0.1) is 24.9 Å². The molecular weight excluding hydrogens is 346 g/mol. The van der Waals surface area contributed by atoms with Crippen molar-refractivity contribution in [3.63, 3.8) is 0 Å². The van der Waals surface area contributed by atoms with Crippen LogP contribution in [0.2, 0.25) is 0 Å². The Labute approximate surface area is 145 Å². The van der Waals surface area contributed by atoms with E-state index < -0.39 is 15.6 Å². The molecule has 0 aliphatic carbocycles. The molecule has 0 radical (unpaired) electrons. The summed E-state index contributed by atoms with van der Waals surface area (Å²) in [4.78, 5) is 11.3. The van der Waals surface area contributed by atoms with E-state index in [0.717, 1.165) is 0 Å². The van der Waals surface area contributed by atoms with Crippen LogP contribution in [-0.2, 0) is 10.0 Å². The Morgan fingerprint density at radius 2 is 1.88 bits per heavy atom. The van der Waals surface area contributed by atoms with Crippen molar-refractivity contribution in [1.29, 1.82) is 0 Å². The van der Waals surface area contributed by atoms with Gasteiger partial charge in [0, 0.05) is 6.07 Å². The second-order valence-corrected chi connectivity index (χ2v) is 7.85. The van der Waals surface area contributed by atoms with E-state index in [-0.39, 0.29) is 31.6 Å². The minimum atomic E-state index is -3.39. The third-order valence-electron chi connectivity index (χ3n) is 3.73. The minimum absolute atomic E-state index is 0.0906. The summed E-state index contributed by atoms with van der Waals surface area (Å²) in [6, 6.07) is 11.9. The molecule has 1 aliphatic rings. The maximum atomic E-state index is 12.2. The van der Waals surface area contributed by atoms with Crippen LogP contribution in [0.3, 0.4) is 0 Å². The highest BCUT2D eigenvalue weighted by atomic mass is 32.2. The number of ether oxygens (including phenoxy) is 2. The maximum Gasteiger partial charge on any atom is 0.339 e. The van der Waals surface area contributed by atoms with E-state index in [1.807, 2.05) is 18.2 Å². The number of aryl methyl sites for hydroxylation is 1. The number of nitrogens with zero attached hydrogens (tertiary/aromatic N) is 1.